The minimum atomic E-state index is 0.0548. The summed E-state index contributed by atoms with van der Waals surface area (Å²) in [6.07, 6.45) is 5.26. The fourth-order valence-corrected chi connectivity index (χ4v) is 3.40. The summed E-state index contributed by atoms with van der Waals surface area (Å²) in [5, 5.41) is 3.64. The zero-order valence-corrected chi connectivity index (χ0v) is 14.0. The molecule has 2 heterocycles. The number of rotatable bonds is 7. The van der Waals surface area contributed by atoms with Crippen LogP contribution in [0.4, 0.5) is 0 Å². The Hall–Kier alpha value is -0.800. The Kier molecular flexibility index (Phi) is 5.88. The monoisotopic (exact) mass is 293 g/mol. The van der Waals surface area contributed by atoms with Gasteiger partial charge in [0.05, 0.1) is 11.9 Å². The van der Waals surface area contributed by atoms with E-state index in [1.54, 1.807) is 6.26 Å². The molecule has 1 aromatic rings. The Morgan fingerprint density at radius 2 is 2.19 bits per heavy atom. The lowest BCUT2D eigenvalue weighted by atomic mass is 9.88. The highest BCUT2D eigenvalue weighted by Gasteiger charge is 2.28. The van der Waals surface area contributed by atoms with Gasteiger partial charge in [0.15, 0.2) is 0 Å². The summed E-state index contributed by atoms with van der Waals surface area (Å²) in [6.45, 7) is 12.0. The zero-order chi connectivity index (χ0) is 15.3. The number of furan rings is 1. The van der Waals surface area contributed by atoms with Crippen molar-refractivity contribution >= 4 is 0 Å². The fraction of sp³-hybridized carbons (Fsp3) is 0.778. The van der Waals surface area contributed by atoms with Crippen molar-refractivity contribution in [3.63, 3.8) is 0 Å². The maximum atomic E-state index is 5.78. The van der Waals surface area contributed by atoms with Gasteiger partial charge in [0, 0.05) is 12.5 Å². The van der Waals surface area contributed by atoms with Crippen LogP contribution in [0.15, 0.2) is 22.8 Å². The van der Waals surface area contributed by atoms with Gasteiger partial charge in [0.1, 0.15) is 5.76 Å². The molecule has 0 aromatic carbocycles. The third-order valence-corrected chi connectivity index (χ3v) is 4.58. The second-order valence-electron chi connectivity index (χ2n) is 7.33. The van der Waals surface area contributed by atoms with E-state index in [1.165, 1.54) is 6.42 Å². The second kappa shape index (κ2) is 7.46. The van der Waals surface area contributed by atoms with Crippen LogP contribution in [0.25, 0.3) is 0 Å². The van der Waals surface area contributed by atoms with Crippen LogP contribution in [0, 0.1) is 11.8 Å². The molecule has 2 rings (SSSR count). The van der Waals surface area contributed by atoms with E-state index in [-0.39, 0.29) is 5.60 Å². The predicted octanol–water partition coefficient (Wildman–Crippen LogP) is 4.20. The molecule has 0 saturated carbocycles. The quantitative estimate of drug-likeness (QED) is 0.765. The smallest absolute Gasteiger partial charge is 0.107 e. The molecule has 0 unspecified atom stereocenters. The van der Waals surface area contributed by atoms with Crippen molar-refractivity contribution in [1.29, 1.82) is 0 Å². The molecule has 1 aliphatic heterocycles. The topological polar surface area (TPSA) is 34.4 Å². The molecule has 120 valence electrons. The highest BCUT2D eigenvalue weighted by atomic mass is 16.5. The van der Waals surface area contributed by atoms with Gasteiger partial charge in [-0.2, -0.15) is 0 Å². The van der Waals surface area contributed by atoms with E-state index in [1.807, 2.05) is 6.07 Å². The van der Waals surface area contributed by atoms with Crippen molar-refractivity contribution in [3.05, 3.63) is 24.2 Å². The van der Waals surface area contributed by atoms with Crippen LogP contribution in [0.5, 0.6) is 0 Å². The Balaban J connectivity index is 1.71. The summed E-state index contributed by atoms with van der Waals surface area (Å²) in [5.74, 6) is 2.99. The molecule has 1 N–H and O–H groups in total. The van der Waals surface area contributed by atoms with Crippen molar-refractivity contribution in [2.45, 2.75) is 58.5 Å². The van der Waals surface area contributed by atoms with Crippen molar-refractivity contribution in [2.75, 3.05) is 19.7 Å². The van der Waals surface area contributed by atoms with E-state index in [0.29, 0.717) is 11.8 Å². The van der Waals surface area contributed by atoms with E-state index in [9.17, 15) is 0 Å². The maximum absolute atomic E-state index is 5.78. The van der Waals surface area contributed by atoms with Gasteiger partial charge in [-0.1, -0.05) is 13.8 Å². The van der Waals surface area contributed by atoms with Crippen molar-refractivity contribution < 1.29 is 9.15 Å². The van der Waals surface area contributed by atoms with Crippen LogP contribution in [-0.4, -0.2) is 25.3 Å². The molecule has 1 aromatic heterocycles. The third-order valence-electron chi connectivity index (χ3n) is 4.58. The fourth-order valence-electron chi connectivity index (χ4n) is 3.40. The minimum Gasteiger partial charge on any atom is -0.469 e. The molecule has 0 aliphatic carbocycles. The Labute approximate surface area is 129 Å². The molecular formula is C18H31NO2. The first-order chi connectivity index (χ1) is 9.98. The molecule has 0 amide bonds. The molecule has 2 atom stereocenters. The van der Waals surface area contributed by atoms with Crippen LogP contribution in [0.2, 0.25) is 0 Å². The van der Waals surface area contributed by atoms with E-state index in [2.05, 4.69) is 39.1 Å². The SMILES string of the molecule is CC(C)[C@H](CCNC[C@H]1CCOC(C)(C)C1)c1ccco1. The van der Waals surface area contributed by atoms with Gasteiger partial charge in [0.25, 0.3) is 0 Å². The van der Waals surface area contributed by atoms with Crippen molar-refractivity contribution in [1.82, 2.24) is 5.32 Å². The van der Waals surface area contributed by atoms with Crippen LogP contribution < -0.4 is 5.32 Å². The van der Waals surface area contributed by atoms with Gasteiger partial charge in [-0.25, -0.2) is 0 Å². The van der Waals surface area contributed by atoms with Gasteiger partial charge < -0.3 is 14.5 Å². The van der Waals surface area contributed by atoms with E-state index < -0.39 is 0 Å². The number of hydrogen-bond acceptors (Lipinski definition) is 3. The van der Waals surface area contributed by atoms with Crippen LogP contribution in [-0.2, 0) is 4.74 Å². The second-order valence-corrected chi connectivity index (χ2v) is 7.33. The Bertz CT molecular complexity index is 397. The molecule has 1 saturated heterocycles. The van der Waals surface area contributed by atoms with Gasteiger partial charge in [-0.3, -0.25) is 0 Å². The van der Waals surface area contributed by atoms with E-state index in [0.717, 1.165) is 44.2 Å². The standard InChI is InChI=1S/C18H31NO2/c1-14(2)16(17-6-5-10-20-17)7-9-19-13-15-8-11-21-18(3,4)12-15/h5-6,10,14-16,19H,7-9,11-13H2,1-4H3/t15-,16-/m0/s1. The average Bonchev–Trinajstić information content (AvgIpc) is 2.90. The molecule has 0 spiro atoms. The maximum Gasteiger partial charge on any atom is 0.107 e. The summed E-state index contributed by atoms with van der Waals surface area (Å²) >= 11 is 0. The Morgan fingerprint density at radius 3 is 2.81 bits per heavy atom. The number of hydrogen-bond donors (Lipinski definition) is 1. The first-order valence-corrected chi connectivity index (χ1v) is 8.36. The normalized spacial score (nSPS) is 23.4. The van der Waals surface area contributed by atoms with Gasteiger partial charge in [0.2, 0.25) is 0 Å². The molecule has 1 aliphatic rings. The average molecular weight is 293 g/mol. The summed E-state index contributed by atoms with van der Waals surface area (Å²) < 4.78 is 11.4. The molecular weight excluding hydrogens is 262 g/mol. The van der Waals surface area contributed by atoms with Crippen molar-refractivity contribution in [2.24, 2.45) is 11.8 Å². The molecule has 0 bridgehead atoms. The lowest BCUT2D eigenvalue weighted by Gasteiger charge is -2.35. The van der Waals surface area contributed by atoms with E-state index >= 15 is 0 Å². The highest BCUT2D eigenvalue weighted by Crippen LogP contribution is 2.29. The van der Waals surface area contributed by atoms with Crippen LogP contribution in [0.1, 0.15) is 58.6 Å². The zero-order valence-electron chi connectivity index (χ0n) is 14.0. The molecule has 3 heteroatoms. The number of nitrogens with one attached hydrogen (secondary N) is 1. The van der Waals surface area contributed by atoms with Gasteiger partial charge >= 0.3 is 0 Å². The molecule has 21 heavy (non-hydrogen) atoms. The van der Waals surface area contributed by atoms with Gasteiger partial charge in [-0.05, 0) is 70.2 Å². The first-order valence-electron chi connectivity index (χ1n) is 8.36. The Morgan fingerprint density at radius 1 is 1.38 bits per heavy atom. The third kappa shape index (κ3) is 5.15. The minimum absolute atomic E-state index is 0.0548. The summed E-state index contributed by atoms with van der Waals surface area (Å²) in [7, 11) is 0. The first kappa shape index (κ1) is 16.6. The summed E-state index contributed by atoms with van der Waals surface area (Å²) in [6, 6.07) is 4.09. The lowest BCUT2D eigenvalue weighted by Crippen LogP contribution is -2.38. The summed E-state index contributed by atoms with van der Waals surface area (Å²) in [5.41, 5.74) is 0.0548. The van der Waals surface area contributed by atoms with Crippen molar-refractivity contribution in [3.8, 4) is 0 Å². The van der Waals surface area contributed by atoms with Crippen LogP contribution in [0.3, 0.4) is 0 Å². The van der Waals surface area contributed by atoms with E-state index in [4.69, 9.17) is 9.15 Å². The molecule has 1 fully saturated rings. The lowest BCUT2D eigenvalue weighted by molar-refractivity contribution is -0.0718. The largest absolute Gasteiger partial charge is 0.469 e. The summed E-state index contributed by atoms with van der Waals surface area (Å²) in [4.78, 5) is 0. The molecule has 3 nitrogen and oxygen atoms in total. The predicted molar refractivity (Wildman–Crippen MR) is 86.5 cm³/mol. The highest BCUT2D eigenvalue weighted by molar-refractivity contribution is 5.06. The van der Waals surface area contributed by atoms with Crippen LogP contribution >= 0.6 is 0 Å². The number of ether oxygens (including phenoxy) is 1. The van der Waals surface area contributed by atoms with Gasteiger partial charge in [-0.15, -0.1) is 0 Å². The molecule has 0 radical (unpaired) electrons.